The molecular weight excluding hydrogens is 292 g/mol. The van der Waals surface area contributed by atoms with Crippen LogP contribution in [-0.4, -0.2) is 22.9 Å². The molecule has 2 saturated carbocycles. The van der Waals surface area contributed by atoms with Gasteiger partial charge in [0.15, 0.2) is 11.6 Å². The van der Waals surface area contributed by atoms with Crippen LogP contribution in [0.15, 0.2) is 28.6 Å². The Morgan fingerprint density at radius 2 is 1.96 bits per heavy atom. The van der Waals surface area contributed by atoms with Crippen molar-refractivity contribution in [3.05, 3.63) is 29.9 Å². The van der Waals surface area contributed by atoms with Gasteiger partial charge in [0, 0.05) is 18.2 Å². The quantitative estimate of drug-likeness (QED) is 0.888. The summed E-state index contributed by atoms with van der Waals surface area (Å²) in [6, 6.07) is 1.52. The van der Waals surface area contributed by atoms with E-state index in [2.05, 4.69) is 10.5 Å². The second-order valence-corrected chi connectivity index (χ2v) is 7.00. The molecule has 1 aliphatic heterocycles. The number of allylic oxidation sites excluding steroid dienone is 2. The summed E-state index contributed by atoms with van der Waals surface area (Å²) >= 11 is 0. The average molecular weight is 316 g/mol. The van der Waals surface area contributed by atoms with E-state index in [1.165, 1.54) is 51.0 Å². The summed E-state index contributed by atoms with van der Waals surface area (Å²) in [4.78, 5) is 0. The van der Waals surface area contributed by atoms with Crippen molar-refractivity contribution in [2.24, 2.45) is 11.8 Å². The Morgan fingerprint density at radius 3 is 2.61 bits per heavy atom. The number of nitrogens with zero attached hydrogens (tertiary/aromatic N) is 1. The largest absolute Gasteiger partial charge is 0.491 e. The minimum absolute atomic E-state index is 0.0878. The summed E-state index contributed by atoms with van der Waals surface area (Å²) in [6.07, 6.45) is 13.8. The third-order valence-corrected chi connectivity index (χ3v) is 5.44. The Bertz CT molecular complexity index is 608. The molecule has 0 saturated heterocycles. The van der Waals surface area contributed by atoms with Gasteiger partial charge in [-0.05, 0) is 42.0 Å². The molecule has 0 aromatic carbocycles. The highest BCUT2D eigenvalue weighted by Gasteiger charge is 2.37. The highest BCUT2D eigenvalue weighted by molar-refractivity contribution is 5.66. The first-order chi connectivity index (χ1) is 11.3. The van der Waals surface area contributed by atoms with Crippen LogP contribution in [0.2, 0.25) is 0 Å². The van der Waals surface area contributed by atoms with Crippen molar-refractivity contribution in [1.29, 1.82) is 0 Å². The van der Waals surface area contributed by atoms with E-state index in [0.717, 1.165) is 23.3 Å². The summed E-state index contributed by atoms with van der Waals surface area (Å²) < 4.78 is 11.1. The van der Waals surface area contributed by atoms with E-state index < -0.39 is 0 Å². The first-order valence-corrected chi connectivity index (χ1v) is 8.75. The first kappa shape index (κ1) is 14.7. The van der Waals surface area contributed by atoms with Gasteiger partial charge < -0.3 is 19.7 Å². The standard InChI is InChI=1S/C18H24N2O3/c21-17-10-16(23-20-17)13-6-7-18(19-11-13)22-15-8-14(9-15)12-4-2-1-3-5-12/h6-7,10,12,14-15,19H,1-5,8-9,11H2,(H,20,21)/t14-,15+. The summed E-state index contributed by atoms with van der Waals surface area (Å²) in [5.41, 5.74) is 0.957. The van der Waals surface area contributed by atoms with Crippen molar-refractivity contribution in [3.8, 4) is 5.88 Å². The van der Waals surface area contributed by atoms with Crippen molar-refractivity contribution in [3.63, 3.8) is 0 Å². The second kappa shape index (κ2) is 6.30. The zero-order chi connectivity index (χ0) is 15.6. The van der Waals surface area contributed by atoms with Gasteiger partial charge in [0.25, 0.3) is 5.88 Å². The van der Waals surface area contributed by atoms with Gasteiger partial charge in [-0.1, -0.05) is 32.1 Å². The molecule has 23 heavy (non-hydrogen) atoms. The van der Waals surface area contributed by atoms with Gasteiger partial charge in [-0.3, -0.25) is 0 Å². The van der Waals surface area contributed by atoms with Crippen LogP contribution in [0.5, 0.6) is 5.88 Å². The summed E-state index contributed by atoms with van der Waals surface area (Å²) in [7, 11) is 0. The van der Waals surface area contributed by atoms with Gasteiger partial charge in [-0.2, -0.15) is 0 Å². The van der Waals surface area contributed by atoms with Crippen LogP contribution in [0.3, 0.4) is 0 Å². The molecule has 2 heterocycles. The fourth-order valence-electron chi connectivity index (χ4n) is 4.02. The molecule has 124 valence electrons. The van der Waals surface area contributed by atoms with Crippen LogP contribution in [-0.2, 0) is 4.74 Å². The SMILES string of the molecule is Oc1cc(C2=CC=C(O[C@H]3C[C@@H](C4CCCCC4)C3)NC2)on1. The highest BCUT2D eigenvalue weighted by atomic mass is 16.5. The van der Waals surface area contributed by atoms with Crippen molar-refractivity contribution < 1.29 is 14.4 Å². The van der Waals surface area contributed by atoms with Gasteiger partial charge in [0.05, 0.1) is 0 Å². The fourth-order valence-corrected chi connectivity index (χ4v) is 4.02. The molecule has 0 spiro atoms. The molecule has 2 fully saturated rings. The second-order valence-electron chi connectivity index (χ2n) is 7.00. The maximum Gasteiger partial charge on any atom is 0.252 e. The van der Waals surface area contributed by atoms with E-state index in [1.807, 2.05) is 12.2 Å². The number of aromatic hydroxyl groups is 1. The first-order valence-electron chi connectivity index (χ1n) is 8.75. The Morgan fingerprint density at radius 1 is 1.13 bits per heavy atom. The third-order valence-electron chi connectivity index (χ3n) is 5.44. The topological polar surface area (TPSA) is 67.5 Å². The third kappa shape index (κ3) is 3.23. The molecule has 0 atom stereocenters. The van der Waals surface area contributed by atoms with Crippen LogP contribution in [0, 0.1) is 11.8 Å². The van der Waals surface area contributed by atoms with E-state index in [1.54, 1.807) is 0 Å². The lowest BCUT2D eigenvalue weighted by Gasteiger charge is -2.42. The zero-order valence-electron chi connectivity index (χ0n) is 13.3. The van der Waals surface area contributed by atoms with Crippen LogP contribution >= 0.6 is 0 Å². The van der Waals surface area contributed by atoms with Crippen molar-refractivity contribution in [1.82, 2.24) is 10.5 Å². The van der Waals surface area contributed by atoms with E-state index in [4.69, 9.17) is 9.26 Å². The molecule has 3 aliphatic rings. The lowest BCUT2D eigenvalue weighted by atomic mass is 9.68. The molecule has 1 aromatic heterocycles. The molecular formula is C18H24N2O3. The lowest BCUT2D eigenvalue weighted by molar-refractivity contribution is -0.0245. The summed E-state index contributed by atoms with van der Waals surface area (Å²) in [5.74, 6) is 3.17. The number of rotatable bonds is 4. The Kier molecular flexibility index (Phi) is 4.02. The Hall–Kier alpha value is -1.91. The van der Waals surface area contributed by atoms with Crippen LogP contribution in [0.25, 0.3) is 5.57 Å². The fraction of sp³-hybridized carbons (Fsp3) is 0.611. The molecule has 0 bridgehead atoms. The van der Waals surface area contributed by atoms with Crippen molar-refractivity contribution in [2.75, 3.05) is 6.54 Å². The molecule has 0 amide bonds. The molecule has 2 N–H and O–H groups in total. The molecule has 5 heteroatoms. The predicted octanol–water partition coefficient (Wildman–Crippen LogP) is 3.58. The van der Waals surface area contributed by atoms with Crippen molar-refractivity contribution in [2.45, 2.75) is 51.0 Å². The number of nitrogens with one attached hydrogen (secondary N) is 1. The van der Waals surface area contributed by atoms with Gasteiger partial charge in [0.2, 0.25) is 0 Å². The van der Waals surface area contributed by atoms with Gasteiger partial charge in [-0.25, -0.2) is 0 Å². The number of hydrogen-bond acceptors (Lipinski definition) is 5. The minimum atomic E-state index is -0.0878. The summed E-state index contributed by atoms with van der Waals surface area (Å²) in [6.45, 7) is 0.624. The zero-order valence-corrected chi connectivity index (χ0v) is 13.3. The molecule has 2 aliphatic carbocycles. The van der Waals surface area contributed by atoms with Crippen LogP contribution in [0.4, 0.5) is 0 Å². The number of aromatic nitrogens is 1. The summed E-state index contributed by atoms with van der Waals surface area (Å²) in [5, 5.41) is 16.0. The molecule has 5 nitrogen and oxygen atoms in total. The van der Waals surface area contributed by atoms with E-state index >= 15 is 0 Å². The smallest absolute Gasteiger partial charge is 0.252 e. The predicted molar refractivity (Wildman–Crippen MR) is 86.4 cm³/mol. The Balaban J connectivity index is 1.28. The molecule has 4 rings (SSSR count). The number of ether oxygens (including phenoxy) is 1. The Labute approximate surface area is 136 Å². The number of dihydropyridines is 1. The average Bonchev–Trinajstić information content (AvgIpc) is 2.98. The molecule has 0 radical (unpaired) electrons. The lowest BCUT2D eigenvalue weighted by Crippen LogP contribution is -2.38. The normalized spacial score (nSPS) is 28.3. The monoisotopic (exact) mass is 316 g/mol. The molecule has 1 aromatic rings. The number of hydrogen-bond donors (Lipinski definition) is 2. The van der Waals surface area contributed by atoms with E-state index in [9.17, 15) is 5.11 Å². The maximum atomic E-state index is 9.23. The highest BCUT2D eigenvalue weighted by Crippen LogP contribution is 2.43. The minimum Gasteiger partial charge on any atom is -0.491 e. The van der Waals surface area contributed by atoms with Gasteiger partial charge >= 0.3 is 0 Å². The van der Waals surface area contributed by atoms with E-state index in [-0.39, 0.29) is 5.88 Å². The molecule has 0 unspecified atom stereocenters. The van der Waals surface area contributed by atoms with Crippen molar-refractivity contribution >= 4 is 5.57 Å². The van der Waals surface area contributed by atoms with Crippen LogP contribution < -0.4 is 5.32 Å². The maximum absolute atomic E-state index is 9.23. The van der Waals surface area contributed by atoms with Crippen LogP contribution in [0.1, 0.15) is 50.7 Å². The van der Waals surface area contributed by atoms with E-state index in [0.29, 0.717) is 18.4 Å². The van der Waals surface area contributed by atoms with Gasteiger partial charge in [0.1, 0.15) is 6.10 Å². The van der Waals surface area contributed by atoms with Gasteiger partial charge in [-0.15, -0.1) is 0 Å².